The van der Waals surface area contributed by atoms with E-state index in [1.165, 1.54) is 6.20 Å². The molecule has 4 nitrogen and oxygen atoms in total. The summed E-state index contributed by atoms with van der Waals surface area (Å²) in [5.74, 6) is 0.456. The third kappa shape index (κ3) is 2.22. The Kier molecular flexibility index (Phi) is 2.28. The minimum Gasteiger partial charge on any atom is -0.383 e. The molecular formula is C9H14N4. The molecule has 70 valence electrons. The van der Waals surface area contributed by atoms with Crippen molar-refractivity contribution in [2.45, 2.75) is 27.3 Å². The van der Waals surface area contributed by atoms with Gasteiger partial charge in [0.1, 0.15) is 17.5 Å². The molecule has 13 heavy (non-hydrogen) atoms. The molecule has 4 heteroatoms. The molecule has 0 atom stereocenters. The summed E-state index contributed by atoms with van der Waals surface area (Å²) in [7, 11) is 0. The van der Waals surface area contributed by atoms with E-state index in [1.807, 2.05) is 6.07 Å². The first kappa shape index (κ1) is 9.59. The lowest BCUT2D eigenvalue weighted by Gasteiger charge is -2.18. The van der Waals surface area contributed by atoms with E-state index in [-0.39, 0.29) is 5.41 Å². The Morgan fingerprint density at radius 3 is 2.62 bits per heavy atom. The van der Waals surface area contributed by atoms with Crippen LogP contribution in [0.5, 0.6) is 0 Å². The van der Waals surface area contributed by atoms with Crippen LogP contribution in [0.3, 0.4) is 0 Å². The molecule has 1 rings (SSSR count). The second kappa shape index (κ2) is 3.09. The van der Waals surface area contributed by atoms with Crippen LogP contribution in [-0.2, 0) is 6.54 Å². The predicted molar refractivity (Wildman–Crippen MR) is 50.8 cm³/mol. The van der Waals surface area contributed by atoms with Crippen molar-refractivity contribution in [1.29, 1.82) is 5.26 Å². The summed E-state index contributed by atoms with van der Waals surface area (Å²) in [5.41, 5.74) is 6.27. The summed E-state index contributed by atoms with van der Waals surface area (Å²) in [5, 5.41) is 12.7. The lowest BCUT2D eigenvalue weighted by molar-refractivity contribution is 0.328. The highest BCUT2D eigenvalue weighted by atomic mass is 15.3. The van der Waals surface area contributed by atoms with Gasteiger partial charge in [-0.25, -0.2) is 4.68 Å². The average molecular weight is 178 g/mol. The highest BCUT2D eigenvalue weighted by Gasteiger charge is 2.15. The van der Waals surface area contributed by atoms with E-state index in [0.29, 0.717) is 11.4 Å². The Morgan fingerprint density at radius 1 is 1.62 bits per heavy atom. The molecule has 0 spiro atoms. The van der Waals surface area contributed by atoms with Gasteiger partial charge in [-0.15, -0.1) is 0 Å². The Balaban J connectivity index is 2.93. The molecule has 0 fully saturated rings. The smallest absolute Gasteiger partial charge is 0.139 e. The van der Waals surface area contributed by atoms with Gasteiger partial charge in [-0.3, -0.25) is 0 Å². The largest absolute Gasteiger partial charge is 0.383 e. The summed E-state index contributed by atoms with van der Waals surface area (Å²) in [6.07, 6.45) is 1.50. The van der Waals surface area contributed by atoms with Crippen LogP contribution in [0.1, 0.15) is 26.3 Å². The zero-order chi connectivity index (χ0) is 10.1. The van der Waals surface area contributed by atoms with E-state index in [4.69, 9.17) is 11.0 Å². The molecule has 2 N–H and O–H groups in total. The number of aromatic nitrogens is 2. The van der Waals surface area contributed by atoms with Crippen LogP contribution in [0.4, 0.5) is 5.82 Å². The lowest BCUT2D eigenvalue weighted by atomic mass is 9.97. The van der Waals surface area contributed by atoms with Crippen molar-refractivity contribution in [2.75, 3.05) is 5.73 Å². The fourth-order valence-corrected chi connectivity index (χ4v) is 1.06. The van der Waals surface area contributed by atoms with Crippen molar-refractivity contribution >= 4 is 5.82 Å². The molecule has 0 unspecified atom stereocenters. The molecule has 1 aromatic rings. The van der Waals surface area contributed by atoms with Gasteiger partial charge in [-0.1, -0.05) is 20.8 Å². The van der Waals surface area contributed by atoms with Gasteiger partial charge in [0.25, 0.3) is 0 Å². The van der Waals surface area contributed by atoms with Gasteiger partial charge < -0.3 is 5.73 Å². The molecule has 0 aliphatic carbocycles. The van der Waals surface area contributed by atoms with Crippen LogP contribution in [0, 0.1) is 16.7 Å². The third-order valence-corrected chi connectivity index (χ3v) is 1.62. The van der Waals surface area contributed by atoms with Gasteiger partial charge in [-0.05, 0) is 5.41 Å². The number of nitrogens with zero attached hydrogens (tertiary/aromatic N) is 3. The maximum absolute atomic E-state index is 8.65. The molecule has 0 saturated carbocycles. The summed E-state index contributed by atoms with van der Waals surface area (Å²) in [6.45, 7) is 7.01. The fourth-order valence-electron chi connectivity index (χ4n) is 1.06. The van der Waals surface area contributed by atoms with Gasteiger partial charge in [0, 0.05) is 6.54 Å². The second-order valence-corrected chi connectivity index (χ2v) is 4.27. The number of hydrogen-bond acceptors (Lipinski definition) is 3. The van der Waals surface area contributed by atoms with Crippen LogP contribution in [0.15, 0.2) is 6.20 Å². The standard InChI is InChI=1S/C9H14N4/c1-9(2,3)6-13-8(11)7(4-10)5-12-13/h5H,6,11H2,1-3H3. The van der Waals surface area contributed by atoms with Crippen LogP contribution in [0.25, 0.3) is 0 Å². The number of nitrogen functional groups attached to an aromatic ring is 1. The lowest BCUT2D eigenvalue weighted by Crippen LogP contribution is -2.18. The van der Waals surface area contributed by atoms with Crippen LogP contribution in [0.2, 0.25) is 0 Å². The maximum Gasteiger partial charge on any atom is 0.139 e. The van der Waals surface area contributed by atoms with E-state index >= 15 is 0 Å². The molecule has 0 saturated heterocycles. The summed E-state index contributed by atoms with van der Waals surface area (Å²) < 4.78 is 1.67. The summed E-state index contributed by atoms with van der Waals surface area (Å²) in [6, 6.07) is 1.99. The molecule has 1 aromatic heterocycles. The number of anilines is 1. The SMILES string of the molecule is CC(C)(C)Cn1ncc(C#N)c1N. The Bertz CT molecular complexity index is 337. The van der Waals surface area contributed by atoms with Gasteiger partial charge in [0.05, 0.1) is 6.20 Å². The second-order valence-electron chi connectivity index (χ2n) is 4.27. The molecule has 0 bridgehead atoms. The number of nitriles is 1. The molecular weight excluding hydrogens is 164 g/mol. The maximum atomic E-state index is 8.65. The highest BCUT2D eigenvalue weighted by Crippen LogP contribution is 2.19. The first-order valence-corrected chi connectivity index (χ1v) is 4.15. The van der Waals surface area contributed by atoms with Crippen LogP contribution >= 0.6 is 0 Å². The Labute approximate surface area is 78.0 Å². The minimum atomic E-state index is 0.118. The van der Waals surface area contributed by atoms with Crippen LogP contribution in [-0.4, -0.2) is 9.78 Å². The van der Waals surface area contributed by atoms with Gasteiger partial charge in [0.15, 0.2) is 0 Å². The number of rotatable bonds is 1. The van der Waals surface area contributed by atoms with Crippen molar-refractivity contribution in [1.82, 2.24) is 9.78 Å². The van der Waals surface area contributed by atoms with Gasteiger partial charge >= 0.3 is 0 Å². The van der Waals surface area contributed by atoms with Crippen molar-refractivity contribution in [2.24, 2.45) is 5.41 Å². The Hall–Kier alpha value is -1.50. The van der Waals surface area contributed by atoms with Crippen molar-refractivity contribution < 1.29 is 0 Å². The predicted octanol–water partition coefficient (Wildman–Crippen LogP) is 1.38. The fraction of sp³-hybridized carbons (Fsp3) is 0.556. The highest BCUT2D eigenvalue weighted by molar-refractivity contribution is 5.47. The first-order valence-electron chi connectivity index (χ1n) is 4.15. The van der Waals surface area contributed by atoms with Crippen molar-refractivity contribution in [3.8, 4) is 6.07 Å². The molecule has 0 aliphatic heterocycles. The molecule has 0 amide bonds. The zero-order valence-electron chi connectivity index (χ0n) is 8.20. The number of hydrogen-bond donors (Lipinski definition) is 1. The number of nitrogens with two attached hydrogens (primary N) is 1. The minimum absolute atomic E-state index is 0.118. The van der Waals surface area contributed by atoms with Crippen molar-refractivity contribution in [3.63, 3.8) is 0 Å². The van der Waals surface area contributed by atoms with E-state index in [9.17, 15) is 0 Å². The van der Waals surface area contributed by atoms with Gasteiger partial charge in [0.2, 0.25) is 0 Å². The first-order chi connectivity index (χ1) is 5.94. The van der Waals surface area contributed by atoms with E-state index in [0.717, 1.165) is 6.54 Å². The average Bonchev–Trinajstić information content (AvgIpc) is 2.30. The Morgan fingerprint density at radius 2 is 2.23 bits per heavy atom. The monoisotopic (exact) mass is 178 g/mol. The topological polar surface area (TPSA) is 67.6 Å². The van der Waals surface area contributed by atoms with E-state index in [2.05, 4.69) is 25.9 Å². The zero-order valence-corrected chi connectivity index (χ0v) is 8.20. The molecule has 0 aliphatic rings. The normalized spacial score (nSPS) is 11.2. The van der Waals surface area contributed by atoms with E-state index in [1.54, 1.807) is 4.68 Å². The molecule has 0 aromatic carbocycles. The quantitative estimate of drug-likeness (QED) is 0.706. The molecule has 0 radical (unpaired) electrons. The summed E-state index contributed by atoms with van der Waals surface area (Å²) in [4.78, 5) is 0. The summed E-state index contributed by atoms with van der Waals surface area (Å²) >= 11 is 0. The van der Waals surface area contributed by atoms with Gasteiger partial charge in [-0.2, -0.15) is 10.4 Å². The van der Waals surface area contributed by atoms with E-state index < -0.39 is 0 Å². The van der Waals surface area contributed by atoms with Crippen LogP contribution < -0.4 is 5.73 Å². The third-order valence-electron chi connectivity index (χ3n) is 1.62. The molecule has 1 heterocycles. The van der Waals surface area contributed by atoms with Crippen molar-refractivity contribution in [3.05, 3.63) is 11.8 Å².